The van der Waals surface area contributed by atoms with Crippen molar-refractivity contribution in [3.8, 4) is 101 Å². The zero-order valence-electron chi connectivity index (χ0n) is 57.7. The van der Waals surface area contributed by atoms with Gasteiger partial charge < -0.3 is 9.13 Å². The van der Waals surface area contributed by atoms with Crippen molar-refractivity contribution in [3.63, 3.8) is 0 Å². The predicted octanol–water partition coefficient (Wildman–Crippen LogP) is 27.5. The Hall–Kier alpha value is -14.1. The van der Waals surface area contributed by atoms with Gasteiger partial charge in [-0.25, -0.2) is 0 Å². The molecule has 0 radical (unpaired) electrons. The van der Waals surface area contributed by atoms with Gasteiger partial charge in [-0.1, -0.05) is 285 Å². The Labute approximate surface area is 612 Å². The highest BCUT2D eigenvalue weighted by molar-refractivity contribution is 6.29. The normalized spacial score (nSPS) is 11.8. The molecule has 0 spiro atoms. The average Bonchev–Trinajstić information content (AvgIpc) is 1.30. The van der Waals surface area contributed by atoms with E-state index in [2.05, 4.69) is 371 Å². The lowest BCUT2D eigenvalue weighted by Crippen LogP contribution is -1.93. The Kier molecular flexibility index (Phi) is 14.2. The number of hydrogen-bond acceptors (Lipinski definition) is 2. The molecule has 0 amide bonds. The summed E-state index contributed by atoms with van der Waals surface area (Å²) in [5, 5.41) is 20.5. The van der Waals surface area contributed by atoms with E-state index in [0.29, 0.717) is 0 Å². The van der Waals surface area contributed by atoms with E-state index in [-0.39, 0.29) is 0 Å². The predicted molar refractivity (Wildman–Crippen MR) is 448 cm³/mol. The smallest absolute Gasteiger partial charge is 0.0701 e. The maximum atomic E-state index is 4.55. The third kappa shape index (κ3) is 10.1. The van der Waals surface area contributed by atoms with Gasteiger partial charge in [0.05, 0.1) is 33.5 Å². The number of benzene rings is 18. The minimum atomic E-state index is 0.988. The Bertz CT molecular complexity index is 7130. The molecular weight excluding hydrogens is 1280 g/mol. The van der Waals surface area contributed by atoms with Crippen molar-refractivity contribution in [2.75, 3.05) is 0 Å². The highest BCUT2D eigenvalue weighted by atomic mass is 15.0. The Morgan fingerprint density at radius 1 is 0.170 bits per heavy atom. The first kappa shape index (κ1) is 60.7. The summed E-state index contributed by atoms with van der Waals surface area (Å²) < 4.78 is 4.76. The van der Waals surface area contributed by atoms with E-state index in [0.717, 1.165) is 22.5 Å². The molecule has 22 rings (SSSR count). The fourth-order valence-electron chi connectivity index (χ4n) is 17.1. The third-order valence-corrected chi connectivity index (χ3v) is 22.0. The lowest BCUT2D eigenvalue weighted by Gasteiger charge is -2.17. The van der Waals surface area contributed by atoms with Crippen LogP contribution in [0.4, 0.5) is 0 Å². The van der Waals surface area contributed by atoms with E-state index < -0.39 is 0 Å². The van der Waals surface area contributed by atoms with E-state index in [1.54, 1.807) is 0 Å². The molecule has 18 aromatic carbocycles. The van der Waals surface area contributed by atoms with Crippen LogP contribution in [-0.4, -0.2) is 19.1 Å². The second-order valence-corrected chi connectivity index (χ2v) is 27.9. The highest BCUT2D eigenvalue weighted by Gasteiger charge is 2.21. The second kappa shape index (κ2) is 24.9. The fraction of sp³-hybridized carbons (Fsp3) is 0. The van der Waals surface area contributed by atoms with Crippen molar-refractivity contribution >= 4 is 108 Å². The van der Waals surface area contributed by atoms with Crippen molar-refractivity contribution in [2.45, 2.75) is 0 Å². The lowest BCUT2D eigenvalue weighted by molar-refractivity contribution is 1.18. The van der Waals surface area contributed by atoms with Crippen molar-refractivity contribution in [1.82, 2.24) is 19.1 Å². The standard InChI is InChI=1S/2C51H32N2/c1-2-11-40(12-3-1)53-48-15-5-4-13-43(48)44-27-24-38(32-49(44)53)37-9-8-10-39(31-37)42-26-21-36-22-28-45-41(25-20-35-23-29-46(42)51(36)50(35)45)33-16-18-34(19-17-33)47-14-6-7-30-52-47;1-2-11-40(12-3-1)53-48-15-5-4-13-43(48)46-32-38(24-29-49(46)53)37-9-8-10-39(31-37)42-26-21-36-22-27-44-41(25-20-35-23-28-45(42)51(36)50(35)44)33-16-18-34(19-17-33)47-14-6-7-30-52-47/h2*1-32H. The quantitative estimate of drug-likeness (QED) is 0.128. The first-order valence-electron chi connectivity index (χ1n) is 36.4. The summed E-state index contributed by atoms with van der Waals surface area (Å²) >= 11 is 0. The van der Waals surface area contributed by atoms with Crippen LogP contribution in [0.2, 0.25) is 0 Å². The van der Waals surface area contributed by atoms with E-state index >= 15 is 0 Å². The number of pyridine rings is 2. The molecule has 0 N–H and O–H groups in total. The Balaban J connectivity index is 0.000000136. The molecule has 4 nitrogen and oxygen atoms in total. The van der Waals surface area contributed by atoms with Gasteiger partial charge in [0.25, 0.3) is 0 Å². The molecule has 0 saturated carbocycles. The molecule has 0 aliphatic carbocycles. The lowest BCUT2D eigenvalue weighted by atomic mass is 9.87. The summed E-state index contributed by atoms with van der Waals surface area (Å²) in [5.41, 5.74) is 26.1. The van der Waals surface area contributed by atoms with Crippen LogP contribution >= 0.6 is 0 Å². The van der Waals surface area contributed by atoms with E-state index in [4.69, 9.17) is 0 Å². The van der Waals surface area contributed by atoms with Crippen LogP contribution in [0.3, 0.4) is 0 Å². The monoisotopic (exact) mass is 1340 g/mol. The minimum Gasteiger partial charge on any atom is -0.309 e. The molecule has 22 aromatic rings. The van der Waals surface area contributed by atoms with Crippen LogP contribution in [0, 0.1) is 0 Å². The molecule has 0 fully saturated rings. The third-order valence-electron chi connectivity index (χ3n) is 22.0. The van der Waals surface area contributed by atoms with E-state index in [1.165, 1.54) is 186 Å². The molecule has 0 aliphatic rings. The van der Waals surface area contributed by atoms with Crippen LogP contribution in [0.15, 0.2) is 389 Å². The van der Waals surface area contributed by atoms with Crippen LogP contribution in [-0.2, 0) is 0 Å². The number of aromatic nitrogens is 4. The minimum absolute atomic E-state index is 0.988. The largest absolute Gasteiger partial charge is 0.309 e. The molecule has 4 heterocycles. The molecule has 0 unspecified atom stereocenters. The molecule has 4 aromatic heterocycles. The van der Waals surface area contributed by atoms with Gasteiger partial charge >= 0.3 is 0 Å². The van der Waals surface area contributed by atoms with Crippen LogP contribution in [0.25, 0.3) is 209 Å². The summed E-state index contributed by atoms with van der Waals surface area (Å²) in [6, 6.07) is 137. The van der Waals surface area contributed by atoms with E-state index in [1.807, 2.05) is 36.7 Å². The zero-order valence-corrected chi connectivity index (χ0v) is 57.7. The number of fused-ring (bicyclic) bond motifs is 6. The maximum Gasteiger partial charge on any atom is 0.0701 e. The molecule has 492 valence electrons. The summed E-state index contributed by atoms with van der Waals surface area (Å²) in [6.45, 7) is 0. The van der Waals surface area contributed by atoms with Crippen LogP contribution in [0.5, 0.6) is 0 Å². The van der Waals surface area contributed by atoms with Gasteiger partial charge in [0.1, 0.15) is 0 Å². The summed E-state index contributed by atoms with van der Waals surface area (Å²) in [4.78, 5) is 9.09. The second-order valence-electron chi connectivity index (χ2n) is 27.9. The van der Waals surface area contributed by atoms with Crippen LogP contribution in [0.1, 0.15) is 0 Å². The van der Waals surface area contributed by atoms with Gasteiger partial charge in [-0.3, -0.25) is 9.97 Å². The number of rotatable bonds is 10. The summed E-state index contributed by atoms with van der Waals surface area (Å²) in [7, 11) is 0. The molecule has 0 atom stereocenters. The number of nitrogens with zero attached hydrogens (tertiary/aromatic N) is 4. The van der Waals surface area contributed by atoms with Crippen molar-refractivity contribution in [3.05, 3.63) is 389 Å². The molecule has 4 heteroatoms. The van der Waals surface area contributed by atoms with Gasteiger partial charge in [0, 0.05) is 56.4 Å². The SMILES string of the molecule is c1ccc(-n2c3ccccc3c3cc(-c4cccc(-c5ccc6ccc7c(-c8ccc(-c9ccccn9)cc8)ccc8ccc5c6c87)c4)ccc32)cc1.c1ccc(-n2c3ccccc3c3ccc(-c4cccc(-c5ccc6ccc7c(-c8ccc(-c9ccccn9)cc8)ccc8ccc5c6c87)c4)cc32)cc1. The maximum absolute atomic E-state index is 4.55. The zero-order chi connectivity index (χ0) is 69.8. The topological polar surface area (TPSA) is 35.6 Å². The van der Waals surface area contributed by atoms with Gasteiger partial charge in [0.15, 0.2) is 0 Å². The average molecular weight is 1350 g/mol. The fourth-order valence-corrected chi connectivity index (χ4v) is 17.1. The Morgan fingerprint density at radius 3 is 0.943 bits per heavy atom. The number of para-hydroxylation sites is 4. The molecule has 106 heavy (non-hydrogen) atoms. The molecule has 0 saturated heterocycles. The molecule has 0 aliphatic heterocycles. The first-order valence-corrected chi connectivity index (χ1v) is 36.4. The summed E-state index contributed by atoms with van der Waals surface area (Å²) in [6.07, 6.45) is 3.70. The number of hydrogen-bond donors (Lipinski definition) is 0. The van der Waals surface area contributed by atoms with Crippen molar-refractivity contribution in [1.29, 1.82) is 0 Å². The van der Waals surface area contributed by atoms with Gasteiger partial charge in [-0.05, 0) is 222 Å². The van der Waals surface area contributed by atoms with Gasteiger partial charge in [-0.2, -0.15) is 0 Å². The van der Waals surface area contributed by atoms with Crippen molar-refractivity contribution in [2.24, 2.45) is 0 Å². The first-order chi connectivity index (χ1) is 52.6. The highest BCUT2D eigenvalue weighted by Crippen LogP contribution is 2.47. The van der Waals surface area contributed by atoms with Gasteiger partial charge in [-0.15, -0.1) is 0 Å². The Morgan fingerprint density at radius 2 is 0.491 bits per heavy atom. The summed E-state index contributed by atoms with van der Waals surface area (Å²) in [5.74, 6) is 0. The van der Waals surface area contributed by atoms with Crippen molar-refractivity contribution < 1.29 is 0 Å². The van der Waals surface area contributed by atoms with Gasteiger partial charge in [0.2, 0.25) is 0 Å². The van der Waals surface area contributed by atoms with E-state index in [9.17, 15) is 0 Å². The molecular formula is C102H64N4. The molecule has 0 bridgehead atoms. The van der Waals surface area contributed by atoms with Crippen LogP contribution < -0.4 is 0 Å².